The zero-order chi connectivity index (χ0) is 55.7. The van der Waals surface area contributed by atoms with E-state index < -0.39 is 0 Å². The first kappa shape index (κ1) is 51.9. The molecule has 82 heavy (non-hydrogen) atoms. The van der Waals surface area contributed by atoms with E-state index in [9.17, 15) is 0 Å². The minimum Gasteiger partial charge on any atom is -0.456 e. The fourth-order valence-corrected chi connectivity index (χ4v) is 14.0. The quantitative estimate of drug-likeness (QED) is 0.169. The van der Waals surface area contributed by atoms with Crippen LogP contribution in [-0.4, -0.2) is 9.13 Å². The highest BCUT2D eigenvalue weighted by atomic mass is 32.1. The smallest absolute Gasteiger partial charge is 0.135 e. The molecule has 0 radical (unpaired) electrons. The van der Waals surface area contributed by atoms with E-state index in [2.05, 4.69) is 286 Å². The van der Waals surface area contributed by atoms with Crippen LogP contribution in [0.2, 0.25) is 0 Å². The summed E-state index contributed by atoms with van der Waals surface area (Å²) in [6.45, 7) is 10.8. The molecule has 12 aromatic carbocycles. The van der Waals surface area contributed by atoms with Crippen molar-refractivity contribution in [3.05, 3.63) is 301 Å². The van der Waals surface area contributed by atoms with Crippen LogP contribution in [0, 0.1) is 34.6 Å². The molecule has 0 amide bonds. The van der Waals surface area contributed by atoms with Gasteiger partial charge in [-0.1, -0.05) is 187 Å². The number of hydrogen-bond donors (Lipinski definition) is 0. The standard InChI is InChI=1S/2C19H15N.C13H10O.2C13H10S/c1-14-8-7-13-18-19(14)16-11-5-6-12-17(16)20(18)15-9-3-2-4-10-15;1-14-11-12-19-17(13-14)16-9-5-6-10-18(16)20(19)15-7-3-2-4-8-15;2*1-9-5-4-8-12-13(9)10-6-2-3-7-11(10)14-12;1-9-6-7-13-11(8-9)10-4-2-3-5-12(10)14-13/h2*2-13H,1H3;3*2-8H,1H3. The minimum absolute atomic E-state index is 0.969. The summed E-state index contributed by atoms with van der Waals surface area (Å²) in [4.78, 5) is 0. The molecule has 5 heterocycles. The Labute approximate surface area is 485 Å². The normalized spacial score (nSPS) is 11.2. The molecule has 0 aliphatic rings. The van der Waals surface area contributed by atoms with Gasteiger partial charge in [0.05, 0.1) is 22.1 Å². The highest BCUT2D eigenvalue weighted by Gasteiger charge is 2.14. The van der Waals surface area contributed by atoms with Crippen LogP contribution < -0.4 is 0 Å². The number of aryl methyl sites for hydroxylation is 5. The first-order chi connectivity index (χ1) is 40.3. The molecule has 0 aliphatic carbocycles. The van der Waals surface area contributed by atoms with Gasteiger partial charge in [-0.05, 0) is 148 Å². The zero-order valence-electron chi connectivity index (χ0n) is 46.6. The molecule has 0 saturated heterocycles. The Morgan fingerprint density at radius 3 is 1.39 bits per heavy atom. The van der Waals surface area contributed by atoms with Crippen LogP contribution in [0.1, 0.15) is 27.8 Å². The summed E-state index contributed by atoms with van der Waals surface area (Å²) in [6.07, 6.45) is 0. The van der Waals surface area contributed by atoms with Gasteiger partial charge >= 0.3 is 0 Å². The topological polar surface area (TPSA) is 23.0 Å². The summed E-state index contributed by atoms with van der Waals surface area (Å²) >= 11 is 3.75. The van der Waals surface area contributed by atoms with Gasteiger partial charge in [0, 0.05) is 84.0 Å². The molecular formula is C77H60N2OS2. The van der Waals surface area contributed by atoms with Crippen LogP contribution in [0.25, 0.3) is 117 Å². The maximum Gasteiger partial charge on any atom is 0.135 e. The lowest BCUT2D eigenvalue weighted by Gasteiger charge is -2.07. The number of benzene rings is 12. The van der Waals surface area contributed by atoms with Gasteiger partial charge in [0.1, 0.15) is 11.2 Å². The molecule has 0 atom stereocenters. The van der Waals surface area contributed by atoms with Crippen molar-refractivity contribution in [2.75, 3.05) is 0 Å². The molecule has 396 valence electrons. The zero-order valence-corrected chi connectivity index (χ0v) is 48.2. The van der Waals surface area contributed by atoms with Crippen LogP contribution in [0.4, 0.5) is 0 Å². The number of thiophene rings is 2. The fourth-order valence-electron chi connectivity index (χ4n) is 11.7. The predicted octanol–water partition coefficient (Wildman–Crippen LogP) is 22.8. The van der Waals surface area contributed by atoms with Crippen molar-refractivity contribution in [3.63, 3.8) is 0 Å². The van der Waals surface area contributed by atoms with E-state index in [0.29, 0.717) is 0 Å². The van der Waals surface area contributed by atoms with E-state index in [4.69, 9.17) is 4.42 Å². The van der Waals surface area contributed by atoms with Crippen molar-refractivity contribution < 1.29 is 4.42 Å². The third kappa shape index (κ3) is 9.89. The molecule has 0 spiro atoms. The molecule has 17 rings (SSSR count). The van der Waals surface area contributed by atoms with Gasteiger partial charge in [-0.3, -0.25) is 0 Å². The maximum absolute atomic E-state index is 5.73. The average Bonchev–Trinajstić information content (AvgIpc) is 3.65. The third-order valence-corrected chi connectivity index (χ3v) is 17.8. The van der Waals surface area contributed by atoms with E-state index in [0.717, 1.165) is 11.2 Å². The summed E-state index contributed by atoms with van der Waals surface area (Å²) in [5.74, 6) is 0. The molecule has 0 N–H and O–H groups in total. The number of para-hydroxylation sites is 5. The molecule has 0 bridgehead atoms. The predicted molar refractivity (Wildman–Crippen MR) is 358 cm³/mol. The number of aromatic nitrogens is 2. The number of rotatable bonds is 2. The number of furan rings is 1. The summed E-state index contributed by atoms with van der Waals surface area (Å²) in [5, 5.41) is 13.4. The van der Waals surface area contributed by atoms with Crippen molar-refractivity contribution in [2.45, 2.75) is 34.6 Å². The monoisotopic (exact) mass is 1090 g/mol. The molecule has 0 aliphatic heterocycles. The Bertz CT molecular complexity index is 5000. The van der Waals surface area contributed by atoms with Gasteiger partial charge in [0.25, 0.3) is 0 Å². The summed E-state index contributed by atoms with van der Waals surface area (Å²) in [6, 6.07) is 96.3. The van der Waals surface area contributed by atoms with E-state index in [1.807, 2.05) is 53.0 Å². The summed E-state index contributed by atoms with van der Waals surface area (Å²) in [5.41, 5.74) is 16.0. The van der Waals surface area contributed by atoms with Gasteiger partial charge in [0.15, 0.2) is 0 Å². The van der Waals surface area contributed by atoms with Gasteiger partial charge in [0.2, 0.25) is 0 Å². The first-order valence-electron chi connectivity index (χ1n) is 28.0. The van der Waals surface area contributed by atoms with Crippen LogP contribution in [0.5, 0.6) is 0 Å². The molecule has 0 saturated carbocycles. The molecule has 3 nitrogen and oxygen atoms in total. The lowest BCUT2D eigenvalue weighted by molar-refractivity contribution is 0.669. The van der Waals surface area contributed by atoms with Crippen molar-refractivity contribution in [3.8, 4) is 11.4 Å². The Hall–Kier alpha value is -9.52. The minimum atomic E-state index is 0.969. The van der Waals surface area contributed by atoms with Crippen LogP contribution in [0.3, 0.4) is 0 Å². The second kappa shape index (κ2) is 22.6. The SMILES string of the molecule is Cc1ccc2c(c1)c1ccccc1n2-c1ccccc1.Cc1ccc2sc3ccccc3c2c1.Cc1cccc2c1c1ccccc1n2-c1ccccc1.Cc1cccc2oc3ccccc3c12.Cc1cccc2sc3ccccc3c12. The maximum atomic E-state index is 5.73. The van der Waals surface area contributed by atoms with Crippen molar-refractivity contribution in [2.24, 2.45) is 0 Å². The fraction of sp³-hybridized carbons (Fsp3) is 0.0649. The van der Waals surface area contributed by atoms with Gasteiger partial charge < -0.3 is 13.6 Å². The van der Waals surface area contributed by atoms with Crippen LogP contribution >= 0.6 is 22.7 Å². The van der Waals surface area contributed by atoms with Crippen LogP contribution in [-0.2, 0) is 0 Å². The Morgan fingerprint density at radius 2 is 0.683 bits per heavy atom. The Kier molecular flexibility index (Phi) is 14.3. The molecule has 5 aromatic heterocycles. The lowest BCUT2D eigenvalue weighted by atomic mass is 10.1. The second-order valence-corrected chi connectivity index (χ2v) is 23.2. The molecule has 17 aromatic rings. The first-order valence-corrected chi connectivity index (χ1v) is 29.6. The Balaban J connectivity index is 0.0000000972. The van der Waals surface area contributed by atoms with E-state index in [1.165, 1.54) is 134 Å². The summed E-state index contributed by atoms with van der Waals surface area (Å²) < 4.78 is 16.0. The van der Waals surface area contributed by atoms with E-state index >= 15 is 0 Å². The molecule has 0 unspecified atom stereocenters. The van der Waals surface area contributed by atoms with E-state index in [1.54, 1.807) is 0 Å². The molecule has 5 heteroatoms. The largest absolute Gasteiger partial charge is 0.456 e. The third-order valence-electron chi connectivity index (χ3n) is 15.5. The molecular weight excluding hydrogens is 1030 g/mol. The van der Waals surface area contributed by atoms with Crippen molar-refractivity contribution in [1.82, 2.24) is 9.13 Å². The van der Waals surface area contributed by atoms with Gasteiger partial charge in [-0.2, -0.15) is 0 Å². The number of fused-ring (bicyclic) bond motifs is 15. The average molecular weight is 1090 g/mol. The second-order valence-electron chi connectivity index (χ2n) is 21.1. The number of nitrogens with zero attached hydrogens (tertiary/aromatic N) is 2. The van der Waals surface area contributed by atoms with Crippen molar-refractivity contribution in [1.29, 1.82) is 0 Å². The molecule has 0 fully saturated rings. The lowest BCUT2D eigenvalue weighted by Crippen LogP contribution is -1.92. The van der Waals surface area contributed by atoms with Gasteiger partial charge in [-0.15, -0.1) is 22.7 Å². The summed E-state index contributed by atoms with van der Waals surface area (Å²) in [7, 11) is 0. The van der Waals surface area contributed by atoms with Crippen LogP contribution in [0.15, 0.2) is 277 Å². The number of hydrogen-bond acceptors (Lipinski definition) is 3. The van der Waals surface area contributed by atoms with Gasteiger partial charge in [-0.25, -0.2) is 0 Å². The highest BCUT2D eigenvalue weighted by molar-refractivity contribution is 7.26. The van der Waals surface area contributed by atoms with E-state index in [-0.39, 0.29) is 0 Å². The highest BCUT2D eigenvalue weighted by Crippen LogP contribution is 2.38. The Morgan fingerprint density at radius 1 is 0.256 bits per heavy atom. The van der Waals surface area contributed by atoms with Crippen molar-refractivity contribution >= 4 is 129 Å².